The van der Waals surface area contributed by atoms with Crippen molar-refractivity contribution in [3.8, 4) is 10.4 Å². The largest absolute Gasteiger partial charge is 0.321 e. The quantitative estimate of drug-likeness (QED) is 0.372. The van der Waals surface area contributed by atoms with Crippen molar-refractivity contribution in [2.45, 2.75) is 39.0 Å². The van der Waals surface area contributed by atoms with E-state index in [-0.39, 0.29) is 5.91 Å². The van der Waals surface area contributed by atoms with E-state index in [1.165, 1.54) is 42.6 Å². The van der Waals surface area contributed by atoms with E-state index >= 15 is 0 Å². The van der Waals surface area contributed by atoms with Gasteiger partial charge in [0.25, 0.3) is 5.91 Å². The number of thiophene rings is 1. The molecule has 1 amide bonds. The van der Waals surface area contributed by atoms with Crippen molar-refractivity contribution < 1.29 is 9.59 Å². The van der Waals surface area contributed by atoms with Crippen LogP contribution in [0.15, 0.2) is 46.8 Å². The Kier molecular flexibility index (Phi) is 7.27. The number of rotatable bonds is 6. The molecule has 0 saturated heterocycles. The van der Waals surface area contributed by atoms with Crippen LogP contribution < -0.4 is 5.32 Å². The first-order chi connectivity index (χ1) is 17.0. The zero-order valence-electron chi connectivity index (χ0n) is 20.3. The van der Waals surface area contributed by atoms with E-state index in [0.29, 0.717) is 11.6 Å². The van der Waals surface area contributed by atoms with E-state index in [2.05, 4.69) is 35.2 Å². The van der Waals surface area contributed by atoms with Crippen LogP contribution in [-0.4, -0.2) is 42.2 Å². The van der Waals surface area contributed by atoms with Gasteiger partial charge in [0.05, 0.1) is 10.4 Å². The summed E-state index contributed by atoms with van der Waals surface area (Å²) in [6.45, 7) is 4.36. The number of nitrogens with zero attached hydrogens (tertiary/aromatic N) is 2. The Bertz CT molecular complexity index is 1220. The molecular formula is C28H31N3O2S2. The predicted molar refractivity (Wildman–Crippen MR) is 145 cm³/mol. The number of likely N-dealkylation sites (N-methyl/N-ethyl adjacent to an activating group) is 1. The third-order valence-electron chi connectivity index (χ3n) is 7.37. The molecule has 2 aliphatic rings. The molecule has 5 rings (SSSR count). The number of hydrogen-bond acceptors (Lipinski definition) is 6. The topological polar surface area (TPSA) is 62.3 Å². The highest BCUT2D eigenvalue weighted by Gasteiger charge is 2.29. The van der Waals surface area contributed by atoms with Gasteiger partial charge in [0.15, 0.2) is 6.29 Å². The lowest BCUT2D eigenvalue weighted by Crippen LogP contribution is -2.30. The fourth-order valence-electron chi connectivity index (χ4n) is 5.34. The summed E-state index contributed by atoms with van der Waals surface area (Å²) in [6, 6.07) is 10.0. The molecule has 0 radical (unpaired) electrons. The summed E-state index contributed by atoms with van der Waals surface area (Å²) in [5.41, 5.74) is 7.92. The molecule has 1 N–H and O–H groups in total. The summed E-state index contributed by atoms with van der Waals surface area (Å²) in [5.74, 6) is 1.27. The van der Waals surface area contributed by atoms with Crippen molar-refractivity contribution in [2.75, 3.05) is 25.5 Å². The molecule has 3 heterocycles. The highest BCUT2D eigenvalue weighted by molar-refractivity contribution is 7.17. The summed E-state index contributed by atoms with van der Waals surface area (Å²) in [7, 11) is 2.17. The number of aromatic nitrogens is 1. The number of anilines is 1. The maximum Gasteiger partial charge on any atom is 0.275 e. The summed E-state index contributed by atoms with van der Waals surface area (Å²) in [5, 5.41) is 4.63. The molecule has 1 aliphatic carbocycles. The van der Waals surface area contributed by atoms with Gasteiger partial charge in [-0.1, -0.05) is 37.5 Å². The van der Waals surface area contributed by atoms with Gasteiger partial charge in [-0.05, 0) is 67.5 Å². The number of amides is 1. The van der Waals surface area contributed by atoms with Crippen LogP contribution in [0.1, 0.15) is 64.8 Å². The normalized spacial score (nSPS) is 21.2. The fraction of sp³-hybridized carbons (Fsp3) is 0.393. The Balaban J connectivity index is 1.42. The van der Waals surface area contributed by atoms with Crippen LogP contribution in [0.5, 0.6) is 0 Å². The molecule has 182 valence electrons. The smallest absolute Gasteiger partial charge is 0.275 e. The number of hydrogen-bond donors (Lipinski definition) is 1. The number of thiazole rings is 1. The van der Waals surface area contributed by atoms with Gasteiger partial charge in [-0.15, -0.1) is 22.7 Å². The van der Waals surface area contributed by atoms with Gasteiger partial charge in [-0.25, -0.2) is 4.98 Å². The van der Waals surface area contributed by atoms with Crippen molar-refractivity contribution in [1.29, 1.82) is 0 Å². The first-order valence-corrected chi connectivity index (χ1v) is 14.1. The molecule has 1 saturated carbocycles. The number of benzene rings is 1. The van der Waals surface area contributed by atoms with Crippen LogP contribution in [-0.2, 0) is 0 Å². The molecule has 0 unspecified atom stereocenters. The second-order valence-electron chi connectivity index (χ2n) is 9.86. The lowest BCUT2D eigenvalue weighted by Gasteiger charge is -2.35. The van der Waals surface area contributed by atoms with Crippen molar-refractivity contribution in [2.24, 2.45) is 11.8 Å². The summed E-state index contributed by atoms with van der Waals surface area (Å²) < 4.78 is 0. The van der Waals surface area contributed by atoms with Crippen molar-refractivity contribution >= 4 is 46.1 Å². The molecule has 2 aromatic heterocycles. The molecule has 1 aliphatic heterocycles. The van der Waals surface area contributed by atoms with Gasteiger partial charge in [0, 0.05) is 34.6 Å². The first-order valence-electron chi connectivity index (χ1n) is 12.3. The molecule has 0 spiro atoms. The zero-order chi connectivity index (χ0) is 24.4. The number of aldehydes is 1. The van der Waals surface area contributed by atoms with Gasteiger partial charge >= 0.3 is 0 Å². The van der Waals surface area contributed by atoms with Crippen LogP contribution in [0.3, 0.4) is 0 Å². The third kappa shape index (κ3) is 5.32. The van der Waals surface area contributed by atoms with Crippen LogP contribution in [0.4, 0.5) is 5.69 Å². The minimum Gasteiger partial charge on any atom is -0.321 e. The SMILES string of the molecule is CC1CCC(C2=C(c3cc(-c4ccc(NC(=O)c5cscn5)cc4)sc3C=O)CN(C)CC2)CC1. The summed E-state index contributed by atoms with van der Waals surface area (Å²) in [6.07, 6.45) is 7.27. The van der Waals surface area contributed by atoms with Crippen molar-refractivity contribution in [1.82, 2.24) is 9.88 Å². The summed E-state index contributed by atoms with van der Waals surface area (Å²) >= 11 is 2.96. The fourth-order valence-corrected chi connectivity index (χ4v) is 6.88. The molecule has 7 heteroatoms. The highest BCUT2D eigenvalue weighted by Crippen LogP contribution is 2.43. The Morgan fingerprint density at radius 3 is 2.63 bits per heavy atom. The molecule has 1 fully saturated rings. The Morgan fingerprint density at radius 1 is 1.17 bits per heavy atom. The lowest BCUT2D eigenvalue weighted by molar-refractivity contribution is 0.102. The van der Waals surface area contributed by atoms with Crippen LogP contribution in [0.2, 0.25) is 0 Å². The lowest BCUT2D eigenvalue weighted by atomic mass is 9.75. The van der Waals surface area contributed by atoms with Gasteiger partial charge < -0.3 is 10.2 Å². The summed E-state index contributed by atoms with van der Waals surface area (Å²) in [4.78, 5) is 32.7. The molecule has 35 heavy (non-hydrogen) atoms. The number of nitrogens with one attached hydrogen (secondary N) is 1. The molecule has 3 aromatic rings. The monoisotopic (exact) mass is 505 g/mol. The van der Waals surface area contributed by atoms with E-state index in [1.54, 1.807) is 27.8 Å². The maximum atomic E-state index is 12.3. The zero-order valence-corrected chi connectivity index (χ0v) is 21.9. The predicted octanol–water partition coefficient (Wildman–Crippen LogP) is 6.85. The van der Waals surface area contributed by atoms with E-state index in [4.69, 9.17) is 0 Å². The second kappa shape index (κ2) is 10.6. The van der Waals surface area contributed by atoms with Crippen LogP contribution in [0, 0.1) is 11.8 Å². The number of carbonyl (C=O) groups excluding carboxylic acids is 2. The van der Waals surface area contributed by atoms with Gasteiger partial charge in [-0.2, -0.15) is 0 Å². The standard InChI is InChI=1S/C28H31N3O2S2/c1-18-3-5-19(6-4-18)22-11-12-31(2)14-24(22)23-13-26(35-27(23)15-32)20-7-9-21(10-8-20)30-28(33)25-16-34-17-29-25/h7-10,13,15-19H,3-6,11-12,14H2,1-2H3,(H,30,33). The van der Waals surface area contributed by atoms with Crippen LogP contribution >= 0.6 is 22.7 Å². The molecular weight excluding hydrogens is 474 g/mol. The van der Waals surface area contributed by atoms with E-state index in [1.807, 2.05) is 24.3 Å². The first kappa shape index (κ1) is 24.1. The van der Waals surface area contributed by atoms with Gasteiger partial charge in [-0.3, -0.25) is 9.59 Å². The molecule has 5 nitrogen and oxygen atoms in total. The van der Waals surface area contributed by atoms with E-state index < -0.39 is 0 Å². The molecule has 0 atom stereocenters. The molecule has 0 bridgehead atoms. The Hall–Kier alpha value is -2.61. The minimum absolute atomic E-state index is 0.210. The van der Waals surface area contributed by atoms with E-state index in [0.717, 1.165) is 58.3 Å². The minimum atomic E-state index is -0.210. The van der Waals surface area contributed by atoms with Crippen molar-refractivity contribution in [3.63, 3.8) is 0 Å². The van der Waals surface area contributed by atoms with Gasteiger partial charge in [0.1, 0.15) is 5.69 Å². The average Bonchev–Trinajstić information content (AvgIpc) is 3.56. The number of carbonyl (C=O) groups is 2. The van der Waals surface area contributed by atoms with E-state index in [9.17, 15) is 9.59 Å². The molecule has 1 aromatic carbocycles. The maximum absolute atomic E-state index is 12.3. The van der Waals surface area contributed by atoms with Crippen molar-refractivity contribution in [3.05, 3.63) is 62.9 Å². The van der Waals surface area contributed by atoms with Crippen LogP contribution in [0.25, 0.3) is 16.0 Å². The second-order valence-corrected chi connectivity index (χ2v) is 11.7. The Labute approximate surface area is 214 Å². The Morgan fingerprint density at radius 2 is 1.94 bits per heavy atom. The average molecular weight is 506 g/mol. The third-order valence-corrected chi connectivity index (χ3v) is 9.07. The highest BCUT2D eigenvalue weighted by atomic mass is 32.1. The van der Waals surface area contributed by atoms with Gasteiger partial charge in [0.2, 0.25) is 0 Å².